The molecule has 0 saturated carbocycles. The zero-order chi connectivity index (χ0) is 13.6. The Morgan fingerprint density at radius 2 is 2.00 bits per heavy atom. The monoisotopic (exact) mass is 250 g/mol. The second kappa shape index (κ2) is 6.14. The van der Waals surface area contributed by atoms with Crippen molar-refractivity contribution >= 4 is 17.7 Å². The maximum Gasteiger partial charge on any atom is 0.306 e. The molecule has 0 aliphatic rings. The standard InChI is InChI=1S/C13H18N2O3/c1-13(2,3)18-12(17)8-7-11(16)15-10-6-4-5-9-14-10/h4-6,9H,7-8H2,1-3H3,(H,14,15,16). The first-order valence-electron chi connectivity index (χ1n) is 5.79. The van der Waals surface area contributed by atoms with Crippen LogP contribution in [0.4, 0.5) is 5.82 Å². The molecule has 1 aromatic heterocycles. The van der Waals surface area contributed by atoms with E-state index in [1.54, 1.807) is 45.2 Å². The van der Waals surface area contributed by atoms with Gasteiger partial charge in [0, 0.05) is 12.6 Å². The molecule has 0 unspecified atom stereocenters. The fourth-order valence-corrected chi connectivity index (χ4v) is 1.25. The lowest BCUT2D eigenvalue weighted by Gasteiger charge is -2.19. The van der Waals surface area contributed by atoms with Crippen LogP contribution in [0.15, 0.2) is 24.4 Å². The van der Waals surface area contributed by atoms with Crippen LogP contribution in [0.25, 0.3) is 0 Å². The third-order valence-electron chi connectivity index (χ3n) is 1.91. The number of amides is 1. The summed E-state index contributed by atoms with van der Waals surface area (Å²) < 4.78 is 5.10. The summed E-state index contributed by atoms with van der Waals surface area (Å²) in [5.41, 5.74) is -0.519. The van der Waals surface area contributed by atoms with Crippen LogP contribution in [0.5, 0.6) is 0 Å². The molecule has 1 N–H and O–H groups in total. The van der Waals surface area contributed by atoms with Crippen LogP contribution in [0, 0.1) is 0 Å². The zero-order valence-electron chi connectivity index (χ0n) is 10.9. The number of anilines is 1. The van der Waals surface area contributed by atoms with Crippen molar-refractivity contribution in [3.63, 3.8) is 0 Å². The summed E-state index contributed by atoms with van der Waals surface area (Å²) in [5.74, 6) is -0.148. The van der Waals surface area contributed by atoms with Crippen molar-refractivity contribution in [3.8, 4) is 0 Å². The Morgan fingerprint density at radius 1 is 1.28 bits per heavy atom. The smallest absolute Gasteiger partial charge is 0.306 e. The minimum atomic E-state index is -0.519. The van der Waals surface area contributed by atoms with Crippen molar-refractivity contribution in [1.82, 2.24) is 4.98 Å². The number of ether oxygens (including phenoxy) is 1. The predicted octanol–water partition coefficient (Wildman–Crippen LogP) is 2.14. The molecule has 0 fully saturated rings. The van der Waals surface area contributed by atoms with Crippen molar-refractivity contribution in [2.24, 2.45) is 0 Å². The average molecular weight is 250 g/mol. The molecule has 0 spiro atoms. The van der Waals surface area contributed by atoms with Gasteiger partial charge < -0.3 is 10.1 Å². The molecule has 0 saturated heterocycles. The fourth-order valence-electron chi connectivity index (χ4n) is 1.25. The molecule has 0 aliphatic heterocycles. The second-order valence-corrected chi connectivity index (χ2v) is 4.85. The number of carbonyl (C=O) groups is 2. The summed E-state index contributed by atoms with van der Waals surface area (Å²) in [6, 6.07) is 5.22. The number of nitrogens with one attached hydrogen (secondary N) is 1. The lowest BCUT2D eigenvalue weighted by Crippen LogP contribution is -2.24. The van der Waals surface area contributed by atoms with Crippen LogP contribution in [0.3, 0.4) is 0 Å². The van der Waals surface area contributed by atoms with Gasteiger partial charge in [-0.15, -0.1) is 0 Å². The van der Waals surface area contributed by atoms with E-state index < -0.39 is 5.60 Å². The van der Waals surface area contributed by atoms with Gasteiger partial charge in [-0.25, -0.2) is 4.98 Å². The normalized spacial score (nSPS) is 10.8. The lowest BCUT2D eigenvalue weighted by atomic mass is 10.2. The van der Waals surface area contributed by atoms with Gasteiger partial charge in [0.1, 0.15) is 11.4 Å². The molecule has 1 amide bonds. The van der Waals surface area contributed by atoms with E-state index in [4.69, 9.17) is 4.74 Å². The van der Waals surface area contributed by atoms with Crippen molar-refractivity contribution < 1.29 is 14.3 Å². The first-order valence-corrected chi connectivity index (χ1v) is 5.79. The van der Waals surface area contributed by atoms with E-state index in [9.17, 15) is 9.59 Å². The minimum absolute atomic E-state index is 0.0654. The van der Waals surface area contributed by atoms with Gasteiger partial charge in [-0.05, 0) is 32.9 Å². The maximum atomic E-state index is 11.5. The number of hydrogen-bond donors (Lipinski definition) is 1. The highest BCUT2D eigenvalue weighted by molar-refractivity contribution is 5.91. The molecule has 0 radical (unpaired) electrons. The number of hydrogen-bond acceptors (Lipinski definition) is 4. The van der Waals surface area contributed by atoms with Crippen LogP contribution in [0.2, 0.25) is 0 Å². The largest absolute Gasteiger partial charge is 0.460 e. The molecule has 1 aromatic rings. The van der Waals surface area contributed by atoms with E-state index in [-0.39, 0.29) is 24.7 Å². The van der Waals surface area contributed by atoms with Gasteiger partial charge in [0.15, 0.2) is 0 Å². The van der Waals surface area contributed by atoms with Gasteiger partial charge >= 0.3 is 5.97 Å². The Bertz CT molecular complexity index is 410. The highest BCUT2D eigenvalue weighted by Gasteiger charge is 2.17. The topological polar surface area (TPSA) is 68.3 Å². The molecular formula is C13H18N2O3. The third kappa shape index (κ3) is 5.98. The summed E-state index contributed by atoms with van der Waals surface area (Å²) in [6.07, 6.45) is 1.74. The minimum Gasteiger partial charge on any atom is -0.460 e. The van der Waals surface area contributed by atoms with Crippen molar-refractivity contribution in [2.75, 3.05) is 5.32 Å². The fraction of sp³-hybridized carbons (Fsp3) is 0.462. The van der Waals surface area contributed by atoms with Gasteiger partial charge in [0.05, 0.1) is 6.42 Å². The molecule has 5 heteroatoms. The lowest BCUT2D eigenvalue weighted by molar-refractivity contribution is -0.155. The summed E-state index contributed by atoms with van der Waals surface area (Å²) in [5, 5.41) is 2.60. The van der Waals surface area contributed by atoms with E-state index in [2.05, 4.69) is 10.3 Å². The Hall–Kier alpha value is -1.91. The SMILES string of the molecule is CC(C)(C)OC(=O)CCC(=O)Nc1ccccn1. The Morgan fingerprint density at radius 3 is 2.56 bits per heavy atom. The summed E-state index contributed by atoms with van der Waals surface area (Å²) in [7, 11) is 0. The number of esters is 1. The van der Waals surface area contributed by atoms with Crippen molar-refractivity contribution in [3.05, 3.63) is 24.4 Å². The number of aromatic nitrogens is 1. The number of carbonyl (C=O) groups excluding carboxylic acids is 2. The van der Waals surface area contributed by atoms with Gasteiger partial charge in [0.25, 0.3) is 0 Å². The Kier molecular flexibility index (Phi) is 4.83. The highest BCUT2D eigenvalue weighted by Crippen LogP contribution is 2.09. The average Bonchev–Trinajstić information content (AvgIpc) is 2.25. The first-order chi connectivity index (χ1) is 8.37. The predicted molar refractivity (Wildman–Crippen MR) is 67.9 cm³/mol. The number of rotatable bonds is 4. The molecule has 98 valence electrons. The van der Waals surface area contributed by atoms with Gasteiger partial charge in [-0.2, -0.15) is 0 Å². The van der Waals surface area contributed by atoms with E-state index in [1.165, 1.54) is 0 Å². The molecule has 0 atom stereocenters. The summed E-state index contributed by atoms with van der Waals surface area (Å²) >= 11 is 0. The Balaban J connectivity index is 2.32. The van der Waals surface area contributed by atoms with Crippen LogP contribution in [0.1, 0.15) is 33.6 Å². The molecule has 0 aliphatic carbocycles. The van der Waals surface area contributed by atoms with Crippen LogP contribution < -0.4 is 5.32 Å². The van der Waals surface area contributed by atoms with Crippen LogP contribution >= 0.6 is 0 Å². The molecule has 0 bridgehead atoms. The van der Waals surface area contributed by atoms with Crippen molar-refractivity contribution in [1.29, 1.82) is 0 Å². The summed E-state index contributed by atoms with van der Waals surface area (Å²) in [4.78, 5) is 26.9. The number of pyridine rings is 1. The highest BCUT2D eigenvalue weighted by atomic mass is 16.6. The van der Waals surface area contributed by atoms with Crippen molar-refractivity contribution in [2.45, 2.75) is 39.2 Å². The van der Waals surface area contributed by atoms with Gasteiger partial charge in [-0.3, -0.25) is 9.59 Å². The molecule has 0 aromatic carbocycles. The maximum absolute atomic E-state index is 11.5. The van der Waals surface area contributed by atoms with Crippen LogP contribution in [-0.4, -0.2) is 22.5 Å². The van der Waals surface area contributed by atoms with Crippen LogP contribution in [-0.2, 0) is 14.3 Å². The molecule has 1 heterocycles. The van der Waals surface area contributed by atoms with Gasteiger partial charge in [0.2, 0.25) is 5.91 Å². The Labute approximate surface area is 107 Å². The molecule has 5 nitrogen and oxygen atoms in total. The quantitative estimate of drug-likeness (QED) is 0.831. The molecular weight excluding hydrogens is 232 g/mol. The third-order valence-corrected chi connectivity index (χ3v) is 1.91. The summed E-state index contributed by atoms with van der Waals surface area (Å²) in [6.45, 7) is 5.37. The van der Waals surface area contributed by atoms with Gasteiger partial charge in [-0.1, -0.05) is 6.07 Å². The number of nitrogens with zero attached hydrogens (tertiary/aromatic N) is 1. The zero-order valence-corrected chi connectivity index (χ0v) is 10.9. The van der Waals surface area contributed by atoms with E-state index in [0.717, 1.165) is 0 Å². The second-order valence-electron chi connectivity index (χ2n) is 4.85. The van der Waals surface area contributed by atoms with E-state index in [1.807, 2.05) is 0 Å². The van der Waals surface area contributed by atoms with E-state index >= 15 is 0 Å². The first kappa shape index (κ1) is 14.2. The van der Waals surface area contributed by atoms with E-state index in [0.29, 0.717) is 5.82 Å². The molecule has 18 heavy (non-hydrogen) atoms. The molecule has 1 rings (SSSR count).